The number of para-hydroxylation sites is 4. The van der Waals surface area contributed by atoms with Crippen LogP contribution < -0.4 is 10.4 Å². The Balaban J connectivity index is 1.19. The van der Waals surface area contributed by atoms with E-state index >= 15 is 0 Å². The van der Waals surface area contributed by atoms with Crippen LogP contribution in [0.25, 0.3) is 110 Å². The van der Waals surface area contributed by atoms with E-state index < -0.39 is 0 Å². The molecule has 0 fully saturated rings. The average Bonchev–Trinajstić information content (AvgIpc) is 3.86. The third kappa shape index (κ3) is 5.64. The number of benzene rings is 11. The maximum absolute atomic E-state index is 2.49. The Morgan fingerprint density at radius 3 is 1.29 bits per heavy atom. The van der Waals surface area contributed by atoms with Crippen LogP contribution in [0.2, 0.25) is 0 Å². The normalized spacial score (nSPS) is 11.9. The smallest absolute Gasteiger partial charge is 0.121 e. The highest BCUT2D eigenvalue weighted by atomic mass is 28.2. The zero-order chi connectivity index (χ0) is 41.4. The van der Waals surface area contributed by atoms with E-state index in [-0.39, 0.29) is 0 Å². The summed E-state index contributed by atoms with van der Waals surface area (Å²) in [6.45, 7) is 0. The Morgan fingerprint density at radius 2 is 0.714 bits per heavy atom. The van der Waals surface area contributed by atoms with E-state index in [0.717, 1.165) is 11.4 Å². The third-order valence-corrected chi connectivity index (χ3v) is 14.2. The first-order chi connectivity index (χ1) is 31.3. The fraction of sp³-hybridized carbons (Fsp3) is 0. The molecule has 0 saturated carbocycles. The first-order valence-electron chi connectivity index (χ1n) is 21.7. The summed E-state index contributed by atoms with van der Waals surface area (Å²) in [5.41, 5.74) is 12.0. The molecule has 13 aromatic rings. The molecule has 2 nitrogen and oxygen atoms in total. The van der Waals surface area contributed by atoms with Crippen molar-refractivity contribution in [3.8, 4) is 33.6 Å². The van der Waals surface area contributed by atoms with Gasteiger partial charge in [0.05, 0.1) is 22.1 Å². The van der Waals surface area contributed by atoms with Crippen LogP contribution in [0, 0.1) is 0 Å². The Morgan fingerprint density at radius 1 is 0.270 bits per heavy atom. The van der Waals surface area contributed by atoms with Gasteiger partial charge in [-0.15, -0.1) is 0 Å². The Bertz CT molecular complexity index is 3700. The number of aromatic nitrogens is 2. The van der Waals surface area contributed by atoms with Gasteiger partial charge in [0.15, 0.2) is 0 Å². The maximum atomic E-state index is 2.49. The van der Waals surface area contributed by atoms with Gasteiger partial charge in [0.2, 0.25) is 0 Å². The van der Waals surface area contributed by atoms with Gasteiger partial charge in [-0.2, -0.15) is 0 Å². The molecule has 3 heteroatoms. The second kappa shape index (κ2) is 14.3. The van der Waals surface area contributed by atoms with Crippen molar-refractivity contribution in [1.82, 2.24) is 9.13 Å². The van der Waals surface area contributed by atoms with Gasteiger partial charge in [-0.1, -0.05) is 198 Å². The molecule has 0 unspecified atom stereocenters. The second-order valence-corrected chi connectivity index (χ2v) is 18.0. The molecule has 0 aliphatic carbocycles. The minimum Gasteiger partial charge on any atom is -0.309 e. The molecule has 2 radical (unpaired) electrons. The first-order valence-corrected chi connectivity index (χ1v) is 22.7. The SMILES string of the molecule is c1ccc([Si]c2ccc3c(-c4cccc5ccccc45)c4ccccc4c(-c4cc(-n5c6ccccc6c6ccccc65)cc(-n5c6ccccc6c6ccccc65)c4)c3c2)cc1. The van der Waals surface area contributed by atoms with E-state index in [2.05, 4.69) is 240 Å². The van der Waals surface area contributed by atoms with Crippen LogP contribution in [0.1, 0.15) is 0 Å². The number of rotatable bonds is 6. The molecule has 0 atom stereocenters. The van der Waals surface area contributed by atoms with E-state index in [9.17, 15) is 0 Å². The fourth-order valence-electron chi connectivity index (χ4n) is 10.4. The van der Waals surface area contributed by atoms with Crippen LogP contribution in [0.3, 0.4) is 0 Å². The molecule has 11 aromatic carbocycles. The lowest BCUT2D eigenvalue weighted by molar-refractivity contribution is 1.14. The van der Waals surface area contributed by atoms with Crippen LogP contribution in [0.5, 0.6) is 0 Å². The Hall–Kier alpha value is -7.98. The molecule has 0 saturated heterocycles. The molecule has 13 rings (SSSR count). The molecule has 0 bridgehead atoms. The van der Waals surface area contributed by atoms with Gasteiger partial charge < -0.3 is 9.13 Å². The molecular formula is C60H38N2Si. The molecule has 2 heterocycles. The number of fused-ring (bicyclic) bond motifs is 9. The topological polar surface area (TPSA) is 9.86 Å². The van der Waals surface area contributed by atoms with Crippen LogP contribution in [0.4, 0.5) is 0 Å². The van der Waals surface area contributed by atoms with E-state index in [0.29, 0.717) is 9.52 Å². The summed E-state index contributed by atoms with van der Waals surface area (Å²) in [6.07, 6.45) is 0. The first kappa shape index (κ1) is 35.7. The van der Waals surface area contributed by atoms with Gasteiger partial charge in [-0.05, 0) is 97.0 Å². The van der Waals surface area contributed by atoms with E-state index in [1.807, 2.05) is 0 Å². The number of hydrogen-bond acceptors (Lipinski definition) is 0. The summed E-state index contributed by atoms with van der Waals surface area (Å²) < 4.78 is 4.95. The lowest BCUT2D eigenvalue weighted by atomic mass is 9.84. The van der Waals surface area contributed by atoms with Gasteiger partial charge >= 0.3 is 0 Å². The lowest BCUT2D eigenvalue weighted by Gasteiger charge is -2.21. The fourth-order valence-corrected chi connectivity index (χ4v) is 11.5. The van der Waals surface area contributed by atoms with Gasteiger partial charge in [0.1, 0.15) is 9.52 Å². The molecule has 292 valence electrons. The van der Waals surface area contributed by atoms with E-state index in [1.165, 1.54) is 109 Å². The van der Waals surface area contributed by atoms with Gasteiger partial charge in [0, 0.05) is 32.9 Å². The van der Waals surface area contributed by atoms with Crippen LogP contribution in [-0.4, -0.2) is 18.7 Å². The van der Waals surface area contributed by atoms with Crippen molar-refractivity contribution in [1.29, 1.82) is 0 Å². The van der Waals surface area contributed by atoms with Crippen LogP contribution in [-0.2, 0) is 0 Å². The maximum Gasteiger partial charge on any atom is 0.121 e. The van der Waals surface area contributed by atoms with Crippen molar-refractivity contribution in [2.24, 2.45) is 0 Å². The largest absolute Gasteiger partial charge is 0.309 e. The predicted molar refractivity (Wildman–Crippen MR) is 270 cm³/mol. The van der Waals surface area contributed by atoms with E-state index in [4.69, 9.17) is 0 Å². The quantitative estimate of drug-likeness (QED) is 0.117. The van der Waals surface area contributed by atoms with Crippen molar-refractivity contribution < 1.29 is 0 Å². The van der Waals surface area contributed by atoms with Gasteiger partial charge in [-0.25, -0.2) is 0 Å². The van der Waals surface area contributed by atoms with Crippen molar-refractivity contribution >= 4 is 95.8 Å². The zero-order valence-corrected chi connectivity index (χ0v) is 35.3. The van der Waals surface area contributed by atoms with E-state index in [1.54, 1.807) is 0 Å². The molecule has 0 aliphatic rings. The summed E-state index contributed by atoms with van der Waals surface area (Å²) in [5, 5.41) is 15.1. The second-order valence-electron chi connectivity index (χ2n) is 16.6. The van der Waals surface area contributed by atoms with Crippen LogP contribution >= 0.6 is 0 Å². The predicted octanol–water partition coefficient (Wildman–Crippen LogP) is 14.3. The third-order valence-electron chi connectivity index (χ3n) is 13.0. The van der Waals surface area contributed by atoms with Crippen LogP contribution in [0.15, 0.2) is 231 Å². The number of nitrogens with zero attached hydrogens (tertiary/aromatic N) is 2. The Kier molecular flexibility index (Phi) is 8.12. The molecule has 2 aromatic heterocycles. The molecule has 0 aliphatic heterocycles. The van der Waals surface area contributed by atoms with Gasteiger partial charge in [0.25, 0.3) is 0 Å². The van der Waals surface area contributed by atoms with Gasteiger partial charge in [-0.3, -0.25) is 0 Å². The molecule has 0 N–H and O–H groups in total. The Labute approximate surface area is 367 Å². The summed E-state index contributed by atoms with van der Waals surface area (Å²) in [7, 11) is 0.525. The minimum atomic E-state index is 0.525. The monoisotopic (exact) mass is 814 g/mol. The summed E-state index contributed by atoms with van der Waals surface area (Å²) >= 11 is 0. The minimum absolute atomic E-state index is 0.525. The highest BCUT2D eigenvalue weighted by molar-refractivity contribution is 6.67. The van der Waals surface area contributed by atoms with Crippen molar-refractivity contribution in [2.45, 2.75) is 0 Å². The average molecular weight is 815 g/mol. The summed E-state index contributed by atoms with van der Waals surface area (Å²) in [5.74, 6) is 0. The standard InChI is InChI=1S/C60H38N2Si/c1-2-19-43(20-3-1)63-44-33-34-53-54(38-44)59(51-26-6-7-27-52(51)60(53)50-28-16-18-39-17-4-5-21-45(39)50)40-35-41(61-55-29-12-8-22-46(55)47-23-9-13-30-56(47)61)37-42(36-40)62-57-31-14-10-24-48(57)49-25-11-15-32-58(49)62/h1-38H. The zero-order valence-electron chi connectivity index (χ0n) is 34.3. The van der Waals surface area contributed by atoms with Crippen molar-refractivity contribution in [2.75, 3.05) is 0 Å². The highest BCUT2D eigenvalue weighted by Gasteiger charge is 2.22. The summed E-state index contributed by atoms with van der Waals surface area (Å²) in [6, 6.07) is 85.5. The molecule has 0 spiro atoms. The number of hydrogen-bond donors (Lipinski definition) is 0. The molecular weight excluding hydrogens is 777 g/mol. The highest BCUT2D eigenvalue weighted by Crippen LogP contribution is 2.47. The lowest BCUT2D eigenvalue weighted by Crippen LogP contribution is -2.26. The van der Waals surface area contributed by atoms with Crippen molar-refractivity contribution in [3.63, 3.8) is 0 Å². The molecule has 63 heavy (non-hydrogen) atoms. The molecule has 0 amide bonds. The van der Waals surface area contributed by atoms with Crippen molar-refractivity contribution in [3.05, 3.63) is 231 Å². The summed E-state index contributed by atoms with van der Waals surface area (Å²) in [4.78, 5) is 0.